The lowest BCUT2D eigenvalue weighted by Gasteiger charge is -2.41. The van der Waals surface area contributed by atoms with Crippen LogP contribution in [0.15, 0.2) is 0 Å². The lowest BCUT2D eigenvalue weighted by atomic mass is 9.75. The molecule has 2 saturated carbocycles. The molecule has 20 heavy (non-hydrogen) atoms. The second-order valence-electron chi connectivity index (χ2n) is 7.00. The average molecular weight is 282 g/mol. The van der Waals surface area contributed by atoms with Crippen LogP contribution in [-0.2, 0) is 4.79 Å². The standard InChI is InChI=1S/C16H30N2O2/c1-12-6-8-16(11-19,9-7-12)18-15(20)14-5-3-2-4-13(14)10-17/h12-14,19H,2-11,17H2,1H3,(H,18,20). The Morgan fingerprint density at radius 2 is 1.90 bits per heavy atom. The van der Waals surface area contributed by atoms with Crippen LogP contribution in [0.25, 0.3) is 0 Å². The van der Waals surface area contributed by atoms with E-state index in [0.717, 1.165) is 44.9 Å². The van der Waals surface area contributed by atoms with E-state index in [2.05, 4.69) is 12.2 Å². The van der Waals surface area contributed by atoms with Crippen molar-refractivity contribution in [2.75, 3.05) is 13.2 Å². The average Bonchev–Trinajstić information content (AvgIpc) is 2.49. The molecule has 0 heterocycles. The van der Waals surface area contributed by atoms with Crippen LogP contribution in [0.1, 0.15) is 58.3 Å². The first kappa shape index (κ1) is 15.8. The van der Waals surface area contributed by atoms with Crippen molar-refractivity contribution in [2.24, 2.45) is 23.5 Å². The van der Waals surface area contributed by atoms with Gasteiger partial charge in [-0.1, -0.05) is 19.8 Å². The van der Waals surface area contributed by atoms with E-state index < -0.39 is 0 Å². The molecule has 1 amide bonds. The van der Waals surface area contributed by atoms with Crippen LogP contribution in [0.5, 0.6) is 0 Å². The van der Waals surface area contributed by atoms with Crippen molar-refractivity contribution in [3.8, 4) is 0 Å². The van der Waals surface area contributed by atoms with Gasteiger partial charge in [0.05, 0.1) is 12.1 Å². The highest BCUT2D eigenvalue weighted by atomic mass is 16.3. The zero-order valence-corrected chi connectivity index (χ0v) is 12.7. The zero-order valence-electron chi connectivity index (χ0n) is 12.7. The van der Waals surface area contributed by atoms with E-state index in [0.29, 0.717) is 18.4 Å². The monoisotopic (exact) mass is 282 g/mol. The highest BCUT2D eigenvalue weighted by molar-refractivity contribution is 5.80. The Balaban J connectivity index is 1.97. The topological polar surface area (TPSA) is 75.3 Å². The lowest BCUT2D eigenvalue weighted by Crippen LogP contribution is -2.56. The maximum absolute atomic E-state index is 12.6. The number of nitrogens with one attached hydrogen (secondary N) is 1. The predicted octanol–water partition coefficient (Wildman–Crippen LogP) is 1.81. The maximum Gasteiger partial charge on any atom is 0.223 e. The van der Waals surface area contributed by atoms with Gasteiger partial charge in [0.15, 0.2) is 0 Å². The van der Waals surface area contributed by atoms with E-state index in [1.54, 1.807) is 0 Å². The van der Waals surface area contributed by atoms with Crippen molar-refractivity contribution < 1.29 is 9.90 Å². The Bertz CT molecular complexity index is 324. The van der Waals surface area contributed by atoms with E-state index in [1.807, 2.05) is 0 Å². The largest absolute Gasteiger partial charge is 0.394 e. The third-order valence-corrected chi connectivity index (χ3v) is 5.47. The summed E-state index contributed by atoms with van der Waals surface area (Å²) < 4.78 is 0. The first-order valence-electron chi connectivity index (χ1n) is 8.23. The number of aliphatic hydroxyl groups excluding tert-OH is 1. The maximum atomic E-state index is 12.6. The highest BCUT2D eigenvalue weighted by Crippen LogP contribution is 2.34. The van der Waals surface area contributed by atoms with Crippen LogP contribution in [0, 0.1) is 17.8 Å². The molecule has 0 spiro atoms. The summed E-state index contributed by atoms with van der Waals surface area (Å²) in [7, 11) is 0. The number of nitrogens with two attached hydrogens (primary N) is 1. The molecule has 0 saturated heterocycles. The second-order valence-corrected chi connectivity index (χ2v) is 7.00. The number of rotatable bonds is 4. The van der Waals surface area contributed by atoms with Crippen molar-refractivity contribution in [3.63, 3.8) is 0 Å². The van der Waals surface area contributed by atoms with Gasteiger partial charge in [0.25, 0.3) is 0 Å². The molecule has 0 bridgehead atoms. The first-order chi connectivity index (χ1) is 9.60. The molecule has 0 aliphatic heterocycles. The quantitative estimate of drug-likeness (QED) is 0.736. The molecule has 0 aromatic rings. The molecular weight excluding hydrogens is 252 g/mol. The van der Waals surface area contributed by atoms with Gasteiger partial charge in [0.1, 0.15) is 0 Å². The van der Waals surface area contributed by atoms with Crippen LogP contribution in [0.3, 0.4) is 0 Å². The van der Waals surface area contributed by atoms with Crippen molar-refractivity contribution in [2.45, 2.75) is 63.8 Å². The number of hydrogen-bond acceptors (Lipinski definition) is 3. The number of carbonyl (C=O) groups excluding carboxylic acids is 1. The Kier molecular flexibility index (Phi) is 5.44. The second kappa shape index (κ2) is 6.90. The van der Waals surface area contributed by atoms with Gasteiger partial charge >= 0.3 is 0 Å². The summed E-state index contributed by atoms with van der Waals surface area (Å²) in [6.45, 7) is 2.90. The third kappa shape index (κ3) is 3.53. The Hall–Kier alpha value is -0.610. The molecule has 2 aliphatic rings. The molecule has 2 fully saturated rings. The fourth-order valence-electron chi connectivity index (χ4n) is 3.83. The normalized spacial score (nSPS) is 38.5. The summed E-state index contributed by atoms with van der Waals surface area (Å²) in [6.07, 6.45) is 8.31. The molecule has 0 radical (unpaired) electrons. The van der Waals surface area contributed by atoms with Crippen molar-refractivity contribution in [1.29, 1.82) is 0 Å². The van der Waals surface area contributed by atoms with E-state index in [4.69, 9.17) is 5.73 Å². The molecule has 2 aliphatic carbocycles. The molecule has 2 atom stereocenters. The zero-order chi connectivity index (χ0) is 14.6. The van der Waals surface area contributed by atoms with E-state index in [1.165, 1.54) is 6.42 Å². The van der Waals surface area contributed by atoms with Crippen LogP contribution in [0.4, 0.5) is 0 Å². The molecule has 2 rings (SSSR count). The van der Waals surface area contributed by atoms with Gasteiger partial charge in [-0.3, -0.25) is 4.79 Å². The van der Waals surface area contributed by atoms with Gasteiger partial charge in [-0.15, -0.1) is 0 Å². The molecule has 4 heteroatoms. The third-order valence-electron chi connectivity index (χ3n) is 5.47. The Morgan fingerprint density at radius 3 is 2.50 bits per heavy atom. The van der Waals surface area contributed by atoms with Crippen molar-refractivity contribution in [1.82, 2.24) is 5.32 Å². The van der Waals surface area contributed by atoms with Crippen LogP contribution in [-0.4, -0.2) is 29.7 Å². The van der Waals surface area contributed by atoms with Crippen LogP contribution in [0.2, 0.25) is 0 Å². The van der Waals surface area contributed by atoms with E-state index in [9.17, 15) is 9.90 Å². The lowest BCUT2D eigenvalue weighted by molar-refractivity contribution is -0.131. The SMILES string of the molecule is CC1CCC(CO)(NC(=O)C2CCCCC2CN)CC1. The van der Waals surface area contributed by atoms with Gasteiger partial charge in [0.2, 0.25) is 5.91 Å². The minimum atomic E-state index is -0.375. The molecule has 4 nitrogen and oxygen atoms in total. The van der Waals surface area contributed by atoms with Crippen LogP contribution < -0.4 is 11.1 Å². The summed E-state index contributed by atoms with van der Waals surface area (Å²) in [5, 5.41) is 13.0. The summed E-state index contributed by atoms with van der Waals surface area (Å²) in [5.41, 5.74) is 5.44. The fourth-order valence-corrected chi connectivity index (χ4v) is 3.83. The molecule has 0 aromatic carbocycles. The molecule has 2 unspecified atom stereocenters. The van der Waals surface area contributed by atoms with Crippen molar-refractivity contribution >= 4 is 5.91 Å². The molecule has 0 aromatic heterocycles. The van der Waals surface area contributed by atoms with Gasteiger partial charge in [-0.05, 0) is 56.9 Å². The van der Waals surface area contributed by atoms with Gasteiger partial charge < -0.3 is 16.2 Å². The van der Waals surface area contributed by atoms with Gasteiger partial charge in [-0.2, -0.15) is 0 Å². The van der Waals surface area contributed by atoms with Crippen molar-refractivity contribution in [3.05, 3.63) is 0 Å². The van der Waals surface area contributed by atoms with E-state index >= 15 is 0 Å². The summed E-state index contributed by atoms with van der Waals surface area (Å²) in [4.78, 5) is 12.6. The Morgan fingerprint density at radius 1 is 1.25 bits per heavy atom. The Labute approximate surface area is 122 Å². The minimum absolute atomic E-state index is 0.0523. The van der Waals surface area contributed by atoms with Gasteiger partial charge in [0, 0.05) is 5.92 Å². The molecule has 116 valence electrons. The summed E-state index contributed by atoms with van der Waals surface area (Å²) in [6, 6.07) is 0. The number of amides is 1. The van der Waals surface area contributed by atoms with E-state index in [-0.39, 0.29) is 24.0 Å². The number of hydrogen-bond donors (Lipinski definition) is 3. The van der Waals surface area contributed by atoms with Gasteiger partial charge in [-0.25, -0.2) is 0 Å². The number of aliphatic hydroxyl groups is 1. The highest BCUT2D eigenvalue weighted by Gasteiger charge is 2.38. The summed E-state index contributed by atoms with van der Waals surface area (Å²) >= 11 is 0. The first-order valence-corrected chi connectivity index (χ1v) is 8.23. The minimum Gasteiger partial charge on any atom is -0.394 e. The predicted molar refractivity (Wildman–Crippen MR) is 80.1 cm³/mol. The smallest absolute Gasteiger partial charge is 0.223 e. The number of carbonyl (C=O) groups is 1. The fraction of sp³-hybridized carbons (Fsp3) is 0.938. The summed E-state index contributed by atoms with van der Waals surface area (Å²) in [5.74, 6) is 1.21. The molecule has 4 N–H and O–H groups in total. The molecular formula is C16H30N2O2. The van der Waals surface area contributed by atoms with Crippen LogP contribution >= 0.6 is 0 Å².